The number of pyridine rings is 1. The van der Waals surface area contributed by atoms with E-state index in [2.05, 4.69) is 41.5 Å². The summed E-state index contributed by atoms with van der Waals surface area (Å²) in [5, 5.41) is 8.05. The lowest BCUT2D eigenvalue weighted by molar-refractivity contribution is 0.0691. The molecule has 0 saturated heterocycles. The Morgan fingerprint density at radius 1 is 1.15 bits per heavy atom. The van der Waals surface area contributed by atoms with Gasteiger partial charge in [0.1, 0.15) is 10.3 Å². The predicted molar refractivity (Wildman–Crippen MR) is 126 cm³/mol. The van der Waals surface area contributed by atoms with Crippen LogP contribution >= 0.6 is 50.7 Å². The zero-order chi connectivity index (χ0) is 24.3. The van der Waals surface area contributed by atoms with E-state index in [1.807, 2.05) is 0 Å². The summed E-state index contributed by atoms with van der Waals surface area (Å²) >= 11 is 21.8. The van der Waals surface area contributed by atoms with Crippen molar-refractivity contribution < 1.29 is 19.1 Å². The summed E-state index contributed by atoms with van der Waals surface area (Å²) in [6.07, 6.45) is 0.626. The molecule has 0 fully saturated rings. The average Bonchev–Trinajstić information content (AvgIpc) is 3.16. The number of aromatic nitrogens is 3. The van der Waals surface area contributed by atoms with E-state index in [4.69, 9.17) is 34.8 Å². The maximum absolute atomic E-state index is 13.2. The van der Waals surface area contributed by atoms with Crippen LogP contribution in [0.2, 0.25) is 15.1 Å². The molecule has 0 spiro atoms. The zero-order valence-electron chi connectivity index (χ0n) is 16.9. The first-order valence-corrected chi connectivity index (χ1v) is 10.8. The lowest BCUT2D eigenvalue weighted by Gasteiger charge is -2.20. The maximum Gasteiger partial charge on any atom is 0.425 e. The summed E-state index contributed by atoms with van der Waals surface area (Å²) in [6, 6.07) is 7.32. The van der Waals surface area contributed by atoms with E-state index >= 15 is 0 Å². The highest BCUT2D eigenvalue weighted by molar-refractivity contribution is 9.10. The SMILES string of the molecule is COC(=O)NN(C)C(=O)c1cc(Cl)cc(Cl)c1NC(=O)c1cc(Br)nn1-c1ncccc1Cl. The van der Waals surface area contributed by atoms with Crippen molar-refractivity contribution in [2.75, 3.05) is 19.5 Å². The number of nitrogens with one attached hydrogen (secondary N) is 2. The van der Waals surface area contributed by atoms with Crippen LogP contribution in [0, 0.1) is 0 Å². The molecule has 1 aromatic carbocycles. The first-order chi connectivity index (χ1) is 15.6. The molecule has 0 atom stereocenters. The number of nitrogens with zero attached hydrogens (tertiary/aromatic N) is 4. The van der Waals surface area contributed by atoms with Gasteiger partial charge >= 0.3 is 6.09 Å². The first kappa shape index (κ1) is 24.8. The number of hydrazine groups is 1. The number of carbonyl (C=O) groups excluding carboxylic acids is 3. The molecule has 0 bridgehead atoms. The van der Waals surface area contributed by atoms with Gasteiger partial charge in [-0.05, 0) is 40.2 Å². The Bertz CT molecular complexity index is 1250. The smallest absolute Gasteiger partial charge is 0.425 e. The minimum atomic E-state index is -0.870. The highest BCUT2D eigenvalue weighted by Crippen LogP contribution is 2.32. The van der Waals surface area contributed by atoms with Crippen molar-refractivity contribution in [3.05, 3.63) is 67.5 Å². The Morgan fingerprint density at radius 2 is 1.88 bits per heavy atom. The Morgan fingerprint density at radius 3 is 2.55 bits per heavy atom. The van der Waals surface area contributed by atoms with Gasteiger partial charge in [0, 0.05) is 24.3 Å². The number of hydrogen-bond acceptors (Lipinski definition) is 6. The van der Waals surface area contributed by atoms with Crippen LogP contribution in [0.5, 0.6) is 0 Å². The third kappa shape index (κ3) is 5.56. The van der Waals surface area contributed by atoms with Crippen molar-refractivity contribution in [2.24, 2.45) is 0 Å². The molecule has 10 nitrogen and oxygen atoms in total. The van der Waals surface area contributed by atoms with E-state index in [1.165, 1.54) is 36.1 Å². The molecule has 2 heterocycles. The Kier molecular flexibility index (Phi) is 7.80. The van der Waals surface area contributed by atoms with Gasteiger partial charge in [0.2, 0.25) is 0 Å². The number of halogens is 4. The lowest BCUT2D eigenvalue weighted by atomic mass is 10.1. The molecule has 0 aliphatic rings. The van der Waals surface area contributed by atoms with Crippen LogP contribution in [0.4, 0.5) is 10.5 Å². The van der Waals surface area contributed by atoms with Gasteiger partial charge in [-0.1, -0.05) is 34.8 Å². The van der Waals surface area contributed by atoms with Crippen molar-refractivity contribution in [1.29, 1.82) is 0 Å². The molecule has 14 heteroatoms. The molecular weight excluding hydrogens is 563 g/mol. The van der Waals surface area contributed by atoms with Crippen molar-refractivity contribution in [2.45, 2.75) is 0 Å². The van der Waals surface area contributed by atoms with Crippen molar-refractivity contribution in [3.8, 4) is 5.82 Å². The van der Waals surface area contributed by atoms with Gasteiger partial charge in [0.05, 0.1) is 28.4 Å². The maximum atomic E-state index is 13.2. The fourth-order valence-electron chi connectivity index (χ4n) is 2.67. The molecule has 3 rings (SSSR count). The molecule has 0 saturated carbocycles. The number of carbonyl (C=O) groups is 3. The quantitative estimate of drug-likeness (QED) is 0.439. The van der Waals surface area contributed by atoms with E-state index in [-0.39, 0.29) is 37.8 Å². The predicted octanol–water partition coefficient (Wildman–Crippen LogP) is 4.59. The molecule has 3 aromatic rings. The number of rotatable bonds is 4. The molecule has 172 valence electrons. The van der Waals surface area contributed by atoms with Gasteiger partial charge in [-0.25, -0.2) is 19.9 Å². The van der Waals surface area contributed by atoms with E-state index in [1.54, 1.807) is 12.1 Å². The van der Waals surface area contributed by atoms with E-state index in [0.717, 1.165) is 12.1 Å². The monoisotopic (exact) mass is 574 g/mol. The summed E-state index contributed by atoms with van der Waals surface area (Å²) in [4.78, 5) is 41.7. The van der Waals surface area contributed by atoms with Crippen LogP contribution in [0.15, 0.2) is 41.1 Å². The molecule has 3 amide bonds. The van der Waals surface area contributed by atoms with Gasteiger partial charge in [-0.15, -0.1) is 0 Å². The lowest BCUT2D eigenvalue weighted by Crippen LogP contribution is -2.43. The van der Waals surface area contributed by atoms with Crippen molar-refractivity contribution in [1.82, 2.24) is 25.2 Å². The van der Waals surface area contributed by atoms with Crippen LogP contribution < -0.4 is 10.7 Å². The summed E-state index contributed by atoms with van der Waals surface area (Å²) < 4.78 is 6.05. The van der Waals surface area contributed by atoms with Crippen LogP contribution in [0.1, 0.15) is 20.8 Å². The highest BCUT2D eigenvalue weighted by Gasteiger charge is 2.25. The van der Waals surface area contributed by atoms with E-state index in [0.29, 0.717) is 4.60 Å². The van der Waals surface area contributed by atoms with Gasteiger partial charge in [-0.3, -0.25) is 14.6 Å². The second-order valence-corrected chi connectivity index (χ2v) is 8.37. The number of methoxy groups -OCH3 is 1. The molecule has 0 aliphatic heterocycles. The third-order valence-electron chi connectivity index (χ3n) is 4.12. The summed E-state index contributed by atoms with van der Waals surface area (Å²) in [5.74, 6) is -1.17. The summed E-state index contributed by atoms with van der Waals surface area (Å²) in [5.41, 5.74) is 2.13. The van der Waals surface area contributed by atoms with Gasteiger partial charge in [0.15, 0.2) is 5.82 Å². The van der Waals surface area contributed by atoms with Crippen LogP contribution in [-0.4, -0.2) is 51.8 Å². The van der Waals surface area contributed by atoms with Gasteiger partial charge < -0.3 is 10.1 Å². The number of ether oxygens (including phenoxy) is 1. The molecule has 33 heavy (non-hydrogen) atoms. The molecular formula is C19H14BrCl3N6O4. The topological polar surface area (TPSA) is 118 Å². The van der Waals surface area contributed by atoms with E-state index < -0.39 is 17.9 Å². The van der Waals surface area contributed by atoms with Crippen molar-refractivity contribution in [3.63, 3.8) is 0 Å². The Hall–Kier alpha value is -2.86. The fraction of sp³-hybridized carbons (Fsp3) is 0.105. The summed E-state index contributed by atoms with van der Waals surface area (Å²) in [7, 11) is 2.43. The largest absolute Gasteiger partial charge is 0.452 e. The molecule has 2 N–H and O–H groups in total. The minimum Gasteiger partial charge on any atom is -0.452 e. The Balaban J connectivity index is 2.00. The van der Waals surface area contributed by atoms with Gasteiger partial charge in [-0.2, -0.15) is 5.10 Å². The molecule has 2 aromatic heterocycles. The number of anilines is 1. The third-order valence-corrected chi connectivity index (χ3v) is 5.32. The zero-order valence-corrected chi connectivity index (χ0v) is 20.8. The Labute approximate surface area is 210 Å². The molecule has 0 unspecified atom stereocenters. The first-order valence-electron chi connectivity index (χ1n) is 8.92. The second kappa shape index (κ2) is 10.4. The number of amides is 3. The minimum absolute atomic E-state index is 0.00772. The highest BCUT2D eigenvalue weighted by atomic mass is 79.9. The van der Waals surface area contributed by atoms with E-state index in [9.17, 15) is 14.4 Å². The van der Waals surface area contributed by atoms with Crippen LogP contribution in [-0.2, 0) is 4.74 Å². The molecule has 0 radical (unpaired) electrons. The van der Waals surface area contributed by atoms with Gasteiger partial charge in [0.25, 0.3) is 11.8 Å². The van der Waals surface area contributed by atoms with Crippen LogP contribution in [0.3, 0.4) is 0 Å². The summed E-state index contributed by atoms with van der Waals surface area (Å²) in [6.45, 7) is 0. The normalized spacial score (nSPS) is 10.5. The standard InChI is InChI=1S/C19H14BrCl3N6O4/c1-28(27-19(32)33-2)18(31)10-6-9(21)7-12(23)15(10)25-17(30)13-8-14(20)26-29(13)16-11(22)4-3-5-24-16/h3-8H,1-2H3,(H,25,30)(H,27,32). The fourth-order valence-corrected chi connectivity index (χ4v) is 3.79. The second-order valence-electron chi connectivity index (χ2n) is 6.30. The van der Waals surface area contributed by atoms with Crippen LogP contribution in [0.25, 0.3) is 5.82 Å². The number of benzene rings is 1. The van der Waals surface area contributed by atoms with Crippen molar-refractivity contribution >= 4 is 74.3 Å². The number of hydrogen-bond donors (Lipinski definition) is 2. The molecule has 0 aliphatic carbocycles. The average molecular weight is 577 g/mol.